The first-order valence-electron chi connectivity index (χ1n) is 5.42. The molecule has 0 bridgehead atoms. The standard InChI is InChI=1S/C12H15N3O2/c1-2-15-7-11(13)14-12(15)8-17-10-5-3-4-9(16)6-10/h3-7,16H,2,8,13H2,1H3. The van der Waals surface area contributed by atoms with Crippen LogP contribution in [0.25, 0.3) is 0 Å². The van der Waals surface area contributed by atoms with Crippen molar-refractivity contribution in [1.82, 2.24) is 9.55 Å². The van der Waals surface area contributed by atoms with Gasteiger partial charge in [-0.15, -0.1) is 0 Å². The van der Waals surface area contributed by atoms with Crippen molar-refractivity contribution in [2.45, 2.75) is 20.1 Å². The molecule has 0 spiro atoms. The smallest absolute Gasteiger partial charge is 0.149 e. The van der Waals surface area contributed by atoms with Gasteiger partial charge in [0, 0.05) is 18.8 Å². The lowest BCUT2D eigenvalue weighted by Crippen LogP contribution is -2.05. The van der Waals surface area contributed by atoms with E-state index in [0.717, 1.165) is 12.4 Å². The fourth-order valence-corrected chi connectivity index (χ4v) is 1.59. The van der Waals surface area contributed by atoms with E-state index in [1.807, 2.05) is 11.5 Å². The van der Waals surface area contributed by atoms with Crippen LogP contribution in [0.15, 0.2) is 30.5 Å². The van der Waals surface area contributed by atoms with Gasteiger partial charge in [-0.1, -0.05) is 6.07 Å². The lowest BCUT2D eigenvalue weighted by atomic mass is 10.3. The van der Waals surface area contributed by atoms with E-state index in [1.54, 1.807) is 30.5 Å². The normalized spacial score (nSPS) is 10.4. The van der Waals surface area contributed by atoms with Crippen LogP contribution in [0, 0.1) is 0 Å². The Kier molecular flexibility index (Phi) is 3.18. The lowest BCUT2D eigenvalue weighted by molar-refractivity contribution is 0.288. The molecule has 0 aliphatic rings. The second-order valence-electron chi connectivity index (χ2n) is 3.65. The first kappa shape index (κ1) is 11.3. The van der Waals surface area contributed by atoms with Crippen LogP contribution in [-0.4, -0.2) is 14.7 Å². The second kappa shape index (κ2) is 4.78. The van der Waals surface area contributed by atoms with Crippen LogP contribution in [0.1, 0.15) is 12.7 Å². The third-order valence-corrected chi connectivity index (χ3v) is 2.40. The number of anilines is 1. The van der Waals surface area contributed by atoms with Crippen LogP contribution < -0.4 is 10.5 Å². The molecule has 90 valence electrons. The molecule has 0 fully saturated rings. The van der Waals surface area contributed by atoms with Crippen LogP contribution in [0.2, 0.25) is 0 Å². The average Bonchev–Trinajstić information content (AvgIpc) is 2.67. The van der Waals surface area contributed by atoms with Crippen LogP contribution in [0.5, 0.6) is 11.5 Å². The van der Waals surface area contributed by atoms with Gasteiger partial charge in [0.1, 0.15) is 29.7 Å². The predicted molar refractivity (Wildman–Crippen MR) is 64.8 cm³/mol. The molecule has 1 heterocycles. The Morgan fingerprint density at radius 2 is 2.29 bits per heavy atom. The van der Waals surface area contributed by atoms with Crippen molar-refractivity contribution < 1.29 is 9.84 Å². The van der Waals surface area contributed by atoms with E-state index in [9.17, 15) is 5.11 Å². The van der Waals surface area contributed by atoms with Gasteiger partial charge in [-0.05, 0) is 19.1 Å². The van der Waals surface area contributed by atoms with Crippen LogP contribution in [0.3, 0.4) is 0 Å². The van der Waals surface area contributed by atoms with Gasteiger partial charge >= 0.3 is 0 Å². The topological polar surface area (TPSA) is 73.3 Å². The van der Waals surface area contributed by atoms with E-state index in [2.05, 4.69) is 4.98 Å². The second-order valence-corrected chi connectivity index (χ2v) is 3.65. The maximum absolute atomic E-state index is 9.29. The number of nitrogens with zero attached hydrogens (tertiary/aromatic N) is 2. The monoisotopic (exact) mass is 233 g/mol. The molecule has 0 saturated heterocycles. The highest BCUT2D eigenvalue weighted by Gasteiger charge is 2.05. The number of hydrogen-bond donors (Lipinski definition) is 2. The Labute approximate surface area is 99.5 Å². The van der Waals surface area contributed by atoms with E-state index in [0.29, 0.717) is 18.2 Å². The molecule has 0 aliphatic carbocycles. The number of phenolic OH excluding ortho intramolecular Hbond substituents is 1. The summed E-state index contributed by atoms with van der Waals surface area (Å²) < 4.78 is 7.46. The van der Waals surface area contributed by atoms with Crippen molar-refractivity contribution in [3.63, 3.8) is 0 Å². The number of nitrogens with two attached hydrogens (primary N) is 1. The molecular formula is C12H15N3O2. The van der Waals surface area contributed by atoms with E-state index >= 15 is 0 Å². The van der Waals surface area contributed by atoms with Crippen molar-refractivity contribution in [3.8, 4) is 11.5 Å². The molecule has 3 N–H and O–H groups in total. The summed E-state index contributed by atoms with van der Waals surface area (Å²) in [6.07, 6.45) is 1.78. The zero-order chi connectivity index (χ0) is 12.3. The molecule has 1 aromatic carbocycles. The zero-order valence-electron chi connectivity index (χ0n) is 9.63. The summed E-state index contributed by atoms with van der Waals surface area (Å²) in [4.78, 5) is 4.17. The Balaban J connectivity index is 2.06. The Morgan fingerprint density at radius 3 is 3.00 bits per heavy atom. The number of rotatable bonds is 4. The first-order chi connectivity index (χ1) is 8.19. The number of benzene rings is 1. The third-order valence-electron chi connectivity index (χ3n) is 2.40. The minimum Gasteiger partial charge on any atom is -0.508 e. The summed E-state index contributed by atoms with van der Waals surface area (Å²) in [6.45, 7) is 3.14. The van der Waals surface area contributed by atoms with Gasteiger partial charge in [-0.25, -0.2) is 4.98 Å². The quantitative estimate of drug-likeness (QED) is 0.844. The maximum atomic E-state index is 9.29. The highest BCUT2D eigenvalue weighted by Crippen LogP contribution is 2.19. The fraction of sp³-hybridized carbons (Fsp3) is 0.250. The van der Waals surface area contributed by atoms with Gasteiger partial charge in [0.2, 0.25) is 0 Å². The van der Waals surface area contributed by atoms with Crippen LogP contribution in [-0.2, 0) is 13.2 Å². The number of imidazole rings is 1. The molecule has 2 rings (SSSR count). The Hall–Kier alpha value is -2.17. The highest BCUT2D eigenvalue weighted by molar-refractivity contribution is 5.32. The van der Waals surface area contributed by atoms with Crippen molar-refractivity contribution in [3.05, 3.63) is 36.3 Å². The van der Waals surface area contributed by atoms with E-state index in [-0.39, 0.29) is 5.75 Å². The number of ether oxygens (including phenoxy) is 1. The van der Waals surface area contributed by atoms with Gasteiger partial charge in [0.25, 0.3) is 0 Å². The van der Waals surface area contributed by atoms with Crippen LogP contribution >= 0.6 is 0 Å². The number of nitrogen functional groups attached to an aromatic ring is 1. The van der Waals surface area contributed by atoms with Gasteiger partial charge in [-0.2, -0.15) is 0 Å². The molecule has 0 atom stereocenters. The molecule has 1 aromatic heterocycles. The molecule has 5 nitrogen and oxygen atoms in total. The molecule has 0 unspecified atom stereocenters. The summed E-state index contributed by atoms with van der Waals surface area (Å²) in [6, 6.07) is 6.66. The molecule has 17 heavy (non-hydrogen) atoms. The predicted octanol–water partition coefficient (Wildman–Crippen LogP) is 1.77. The van der Waals surface area contributed by atoms with Gasteiger partial charge < -0.3 is 20.1 Å². The number of phenols is 1. The van der Waals surface area contributed by atoms with Crippen molar-refractivity contribution in [2.75, 3.05) is 5.73 Å². The number of hydrogen-bond acceptors (Lipinski definition) is 4. The molecule has 0 saturated carbocycles. The molecular weight excluding hydrogens is 218 g/mol. The summed E-state index contributed by atoms with van der Waals surface area (Å²) >= 11 is 0. The third kappa shape index (κ3) is 2.69. The lowest BCUT2D eigenvalue weighted by Gasteiger charge is -2.07. The van der Waals surface area contributed by atoms with E-state index in [1.165, 1.54) is 0 Å². The number of aromatic nitrogens is 2. The van der Waals surface area contributed by atoms with Gasteiger partial charge in [-0.3, -0.25) is 0 Å². The number of aromatic hydroxyl groups is 1. The minimum atomic E-state index is 0.181. The molecule has 0 amide bonds. The summed E-state index contributed by atoms with van der Waals surface area (Å²) in [7, 11) is 0. The molecule has 0 radical (unpaired) electrons. The van der Waals surface area contributed by atoms with Gasteiger partial charge in [0.15, 0.2) is 0 Å². The molecule has 0 aliphatic heterocycles. The summed E-state index contributed by atoms with van der Waals surface area (Å²) in [5, 5.41) is 9.29. The van der Waals surface area contributed by atoms with E-state index < -0.39 is 0 Å². The van der Waals surface area contributed by atoms with Crippen LogP contribution in [0.4, 0.5) is 5.82 Å². The van der Waals surface area contributed by atoms with Gasteiger partial charge in [0.05, 0.1) is 0 Å². The minimum absolute atomic E-state index is 0.181. The molecule has 5 heteroatoms. The number of aryl methyl sites for hydroxylation is 1. The summed E-state index contributed by atoms with van der Waals surface area (Å²) in [5.41, 5.74) is 5.62. The SMILES string of the molecule is CCn1cc(N)nc1COc1cccc(O)c1. The zero-order valence-corrected chi connectivity index (χ0v) is 9.63. The van der Waals surface area contributed by atoms with Crippen molar-refractivity contribution in [2.24, 2.45) is 0 Å². The highest BCUT2D eigenvalue weighted by atomic mass is 16.5. The Morgan fingerprint density at radius 1 is 1.47 bits per heavy atom. The van der Waals surface area contributed by atoms with E-state index in [4.69, 9.17) is 10.5 Å². The first-order valence-corrected chi connectivity index (χ1v) is 5.42. The molecule has 2 aromatic rings. The fourth-order valence-electron chi connectivity index (χ4n) is 1.59. The van der Waals surface area contributed by atoms with Crippen molar-refractivity contribution in [1.29, 1.82) is 0 Å². The Bertz CT molecular complexity index is 508. The summed E-state index contributed by atoms with van der Waals surface area (Å²) in [5.74, 6) is 2.05. The maximum Gasteiger partial charge on any atom is 0.149 e. The largest absolute Gasteiger partial charge is 0.508 e. The van der Waals surface area contributed by atoms with Crippen molar-refractivity contribution >= 4 is 5.82 Å². The average molecular weight is 233 g/mol.